The van der Waals surface area contributed by atoms with Crippen LogP contribution in [0.25, 0.3) is 0 Å². The van der Waals surface area contributed by atoms with Crippen LogP contribution in [0.15, 0.2) is 152 Å². The van der Waals surface area contributed by atoms with Crippen molar-refractivity contribution >= 4 is 58.0 Å². The van der Waals surface area contributed by atoms with Gasteiger partial charge in [-0.15, -0.1) is 0 Å². The summed E-state index contributed by atoms with van der Waals surface area (Å²) in [5.41, 5.74) is 12.7. The van der Waals surface area contributed by atoms with Crippen molar-refractivity contribution < 1.29 is 87.9 Å². The number of rotatable bonds is 20. The van der Waals surface area contributed by atoms with Crippen molar-refractivity contribution in [1.82, 2.24) is 19.7 Å². The van der Waals surface area contributed by atoms with E-state index in [-0.39, 0.29) is 53.0 Å². The van der Waals surface area contributed by atoms with Gasteiger partial charge in [0.1, 0.15) is 34.6 Å². The van der Waals surface area contributed by atoms with Gasteiger partial charge in [0.05, 0.1) is 75.1 Å². The highest BCUT2D eigenvalue weighted by Gasteiger charge is 2.68. The number of amides is 5. The van der Waals surface area contributed by atoms with E-state index in [1.54, 1.807) is 40.6 Å². The molecule has 2 heterocycles. The lowest BCUT2D eigenvalue weighted by Gasteiger charge is -2.35. The van der Waals surface area contributed by atoms with E-state index < -0.39 is 52.5 Å². The molecule has 6 N–H and O–H groups in total. The van der Waals surface area contributed by atoms with Crippen LogP contribution in [0.3, 0.4) is 0 Å². The molecule has 5 aliphatic rings. The topological polar surface area (TPSA) is 255 Å². The fourth-order valence-corrected chi connectivity index (χ4v) is 17.7. The number of fused-ring (bicyclic) bond motifs is 5. The third-order valence-corrected chi connectivity index (χ3v) is 26.4. The molecule has 0 saturated carbocycles. The zero-order valence-electron chi connectivity index (χ0n) is 82.4. The Hall–Kier alpha value is -12.2. The van der Waals surface area contributed by atoms with E-state index in [1.165, 1.54) is 117 Å². The summed E-state index contributed by atoms with van der Waals surface area (Å²) in [5, 5.41) is 27.6. The average molecular weight is 1910 g/mol. The molecular weight excluding hydrogens is 1780 g/mol. The zero-order chi connectivity index (χ0) is 100. The van der Waals surface area contributed by atoms with E-state index in [0.717, 1.165) is 183 Å². The molecule has 0 bridgehead atoms. The second kappa shape index (κ2) is 46.5. The smallest absolute Gasteiger partial charge is 0.435 e. The number of halogens is 8. The number of aromatic nitrogens is 4. The molecule has 0 radical (unpaired) electrons. The van der Waals surface area contributed by atoms with Crippen molar-refractivity contribution in [2.24, 2.45) is 0 Å². The molecule has 8 aromatic carbocycles. The highest BCUT2D eigenvalue weighted by molar-refractivity contribution is 6.08. The Morgan fingerprint density at radius 3 is 0.848 bits per heavy atom. The summed E-state index contributed by atoms with van der Waals surface area (Å²) in [4.78, 5) is 72.1. The summed E-state index contributed by atoms with van der Waals surface area (Å²) in [6.45, 7) is 21.2. The molecular formula is C110H133F8N9O11. The molecule has 0 saturated heterocycles. The molecule has 5 amide bonds. The van der Waals surface area contributed by atoms with Crippen molar-refractivity contribution in [2.75, 3.05) is 62.1 Å². The predicted octanol–water partition coefficient (Wildman–Crippen LogP) is 25.8. The third-order valence-electron chi connectivity index (χ3n) is 26.4. The van der Waals surface area contributed by atoms with Crippen molar-refractivity contribution in [2.45, 2.75) is 290 Å². The maximum Gasteiger partial charge on any atom is 0.435 e. The summed E-state index contributed by atoms with van der Waals surface area (Å²) in [5.74, 6) is -2.62. The van der Waals surface area contributed by atoms with Crippen LogP contribution in [0.1, 0.15) is 315 Å². The van der Waals surface area contributed by atoms with Crippen molar-refractivity contribution in [3.63, 3.8) is 0 Å². The van der Waals surface area contributed by atoms with Gasteiger partial charge >= 0.3 is 12.4 Å². The lowest BCUT2D eigenvalue weighted by atomic mass is 9.82. The van der Waals surface area contributed by atoms with Crippen LogP contribution in [0.5, 0.6) is 28.7 Å². The molecule has 1 unspecified atom stereocenters. The number of nitrogens with zero attached hydrogens (tertiary/aromatic N) is 4. The van der Waals surface area contributed by atoms with Gasteiger partial charge in [0.2, 0.25) is 5.60 Å². The fourth-order valence-electron chi connectivity index (χ4n) is 17.7. The maximum absolute atomic E-state index is 13.7. The monoisotopic (exact) mass is 1910 g/mol. The molecule has 1 atom stereocenters. The molecule has 28 heteroatoms. The van der Waals surface area contributed by atoms with Gasteiger partial charge in [-0.1, -0.05) is 131 Å². The van der Waals surface area contributed by atoms with Gasteiger partial charge in [-0.25, -0.2) is 18.7 Å². The molecule has 0 fully saturated rings. The summed E-state index contributed by atoms with van der Waals surface area (Å²) in [6.07, 6.45) is 22.5. The van der Waals surface area contributed by atoms with Gasteiger partial charge in [0.15, 0.2) is 5.69 Å². The number of hydrogen-bond acceptors (Lipinski definition) is 14. The molecule has 20 nitrogen and oxygen atoms in total. The SMILES string of the molecule is CCC(C)(C)c1ccc(C(=O)Nc2cc3c(cc2OC)CCCCC3)cc1.CCn1cc(C(=O)Nc2cc3c(cc2OC)CCCCC3)c(C(F)(F)F)n1.COc1cc2c(cc1NC(=O)c1ccc(C(C)(C)C)cc1)CCCCC2.COc1cc2c(cc1NC(=O)c1ccc(C(O)(C(C)(F)F)C(F)(F)F)cc1)CCCCC2.COc1cc2c(cc1NC(=O)c1cnc(C(C)(C)C)nc1)CCCCC2. The highest BCUT2D eigenvalue weighted by Crippen LogP contribution is 2.50. The van der Waals surface area contributed by atoms with Crippen LogP contribution in [0.2, 0.25) is 0 Å². The minimum atomic E-state index is -5.62. The van der Waals surface area contributed by atoms with E-state index in [4.69, 9.17) is 23.7 Å². The van der Waals surface area contributed by atoms with E-state index in [1.807, 2.05) is 81.4 Å². The zero-order valence-corrected chi connectivity index (χ0v) is 82.4. The van der Waals surface area contributed by atoms with Crippen LogP contribution >= 0.6 is 0 Å². The van der Waals surface area contributed by atoms with E-state index in [0.29, 0.717) is 63.1 Å². The van der Waals surface area contributed by atoms with Gasteiger partial charge in [-0.05, 0) is 322 Å². The quantitative estimate of drug-likeness (QED) is 0.0307. The number of hydrogen-bond donors (Lipinski definition) is 6. The van der Waals surface area contributed by atoms with Crippen molar-refractivity contribution in [1.29, 1.82) is 0 Å². The molecule has 740 valence electrons. The second-order valence-electron chi connectivity index (χ2n) is 38.8. The summed E-state index contributed by atoms with van der Waals surface area (Å²) in [7, 11) is 7.90. The van der Waals surface area contributed by atoms with E-state index in [2.05, 4.69) is 132 Å². The number of aryl methyl sites for hydroxylation is 11. The molecule has 138 heavy (non-hydrogen) atoms. The number of nitrogens with one attached hydrogen (secondary N) is 5. The number of anilines is 5. The highest BCUT2D eigenvalue weighted by atomic mass is 19.4. The number of carbonyl (C=O) groups is 5. The Morgan fingerprint density at radius 2 is 0.609 bits per heavy atom. The van der Waals surface area contributed by atoms with Crippen LogP contribution < -0.4 is 50.3 Å². The molecule has 2 aromatic heterocycles. The lowest BCUT2D eigenvalue weighted by molar-refractivity contribution is -0.335. The van der Waals surface area contributed by atoms with Crippen LogP contribution in [0.4, 0.5) is 63.6 Å². The molecule has 5 aliphatic carbocycles. The summed E-state index contributed by atoms with van der Waals surface area (Å²) < 4.78 is 135. The number of carbonyl (C=O) groups excluding carboxylic acids is 5. The van der Waals surface area contributed by atoms with Crippen molar-refractivity contribution in [3.8, 4) is 28.7 Å². The number of methoxy groups -OCH3 is 5. The van der Waals surface area contributed by atoms with Gasteiger partial charge in [0, 0.05) is 54.2 Å². The first-order valence-electron chi connectivity index (χ1n) is 47.9. The number of benzene rings is 8. The first kappa shape index (κ1) is 106. The Morgan fingerprint density at radius 1 is 0.348 bits per heavy atom. The normalized spacial score (nSPS) is 14.8. The maximum atomic E-state index is 13.7. The molecule has 15 rings (SSSR count). The fraction of sp³-hybridized carbons (Fsp3) is 0.455. The molecule has 0 aliphatic heterocycles. The van der Waals surface area contributed by atoms with Gasteiger partial charge in [0.25, 0.3) is 35.5 Å². The number of ether oxygens (including phenoxy) is 5. The molecule has 0 spiro atoms. The van der Waals surface area contributed by atoms with Crippen LogP contribution in [0, 0.1) is 0 Å². The number of alkyl halides is 8. The molecule has 10 aromatic rings. The standard InChI is InChI=1S/C24H31NO2.C23H24F5NO3.C23H29NO2.C21H27N3O2.C19H22F3N3O2/c1-5-24(2,3)20-13-11-17(12-14-20)23(26)25-21-15-18-9-7-6-8-10-19(18)16-22(21)27-4;1-21(24,25)22(31,23(26,27)28)17-10-8-14(9-11-17)20(30)29-18-12-15-6-4-3-5-7-16(15)13-19(18)32-2;1-23(2,3)19-12-10-16(11-13-19)22(25)24-20-14-17-8-6-5-7-9-18(17)15-21(20)26-4;1-21(2,3)20-22-12-16(13-23-20)19(25)24-17-10-14-8-6-5-7-9-15(14)11-18(17)26-4;1-3-25-11-14(17(24-25)19(20,21)22)18(26)23-15-9-12-7-5-4-6-8-13(12)10-16(15)27-2/h11-16H,5-10H2,1-4H3,(H,25,26);8-13,31H,3-7H2,1-2H3,(H,29,30);10-15H,5-9H2,1-4H3,(H,24,25);10-13H,5-9H2,1-4H3,(H,24,25);9-11H,3-8H2,1-2H3,(H,23,26). The van der Waals surface area contributed by atoms with Crippen molar-refractivity contribution in [3.05, 3.63) is 264 Å². The van der Waals surface area contributed by atoms with Crippen LogP contribution in [-0.4, -0.2) is 102 Å². The Kier molecular flexibility index (Phi) is 35.8. The Balaban J connectivity index is 0.000000166. The Bertz CT molecular complexity index is 5720. The first-order chi connectivity index (χ1) is 65.4. The number of aliphatic hydroxyl groups is 1. The lowest BCUT2D eigenvalue weighted by Crippen LogP contribution is -2.54. The van der Waals surface area contributed by atoms with Gasteiger partial charge in [-0.2, -0.15) is 31.4 Å². The first-order valence-corrected chi connectivity index (χ1v) is 47.9. The average Bonchev–Trinajstić information content (AvgIpc) is 0.898. The predicted molar refractivity (Wildman–Crippen MR) is 527 cm³/mol. The van der Waals surface area contributed by atoms with Gasteiger partial charge in [-0.3, -0.25) is 28.7 Å². The van der Waals surface area contributed by atoms with E-state index in [9.17, 15) is 64.2 Å². The van der Waals surface area contributed by atoms with Crippen LogP contribution in [-0.2, 0) is 98.8 Å². The summed E-state index contributed by atoms with van der Waals surface area (Å²) >= 11 is 0. The minimum absolute atomic E-state index is 0.00822. The minimum Gasteiger partial charge on any atom is -0.495 e. The Labute approximate surface area is 805 Å². The summed E-state index contributed by atoms with van der Waals surface area (Å²) in [6, 6.07) is 39.0. The third kappa shape index (κ3) is 27.0. The second-order valence-corrected chi connectivity index (χ2v) is 38.8. The van der Waals surface area contributed by atoms with E-state index >= 15 is 0 Å². The largest absolute Gasteiger partial charge is 0.495 e. The van der Waals surface area contributed by atoms with Gasteiger partial charge < -0.3 is 55.4 Å².